The van der Waals surface area contributed by atoms with Gasteiger partial charge in [-0.05, 0) is 24.3 Å². The van der Waals surface area contributed by atoms with Crippen molar-refractivity contribution in [1.82, 2.24) is 9.97 Å². The van der Waals surface area contributed by atoms with E-state index in [9.17, 15) is 10.4 Å². The number of likely N-dealkylation sites (N-methyl/N-ethyl adjacent to an activating group) is 1. The van der Waals surface area contributed by atoms with E-state index >= 15 is 0 Å². The molecule has 1 atom stereocenters. The number of fused-ring (bicyclic) bond motifs is 1. The lowest BCUT2D eigenvalue weighted by Gasteiger charge is -2.14. The van der Waals surface area contributed by atoms with Crippen molar-refractivity contribution >= 4 is 39.8 Å². The van der Waals surface area contributed by atoms with E-state index in [1.807, 2.05) is 43.4 Å². The second-order valence-corrected chi connectivity index (χ2v) is 6.91. The summed E-state index contributed by atoms with van der Waals surface area (Å²) >= 11 is 12.0. The number of para-hydroxylation sites is 2. The first-order valence-corrected chi connectivity index (χ1v) is 8.76. The molecule has 3 aromatic rings. The lowest BCUT2D eigenvalue weighted by molar-refractivity contribution is -0.890. The number of nitrogens with zero attached hydrogens (tertiary/aromatic N) is 2. The molecule has 0 spiro atoms. The summed E-state index contributed by atoms with van der Waals surface area (Å²) in [4.78, 5) is 8.44. The quantitative estimate of drug-likeness (QED) is 0.463. The predicted octanol–water partition coefficient (Wildman–Crippen LogP) is 3.38. The van der Waals surface area contributed by atoms with Gasteiger partial charge in [0.25, 0.3) is 0 Å². The summed E-state index contributed by atoms with van der Waals surface area (Å²) in [6.45, 7) is 0.903. The number of hydrogen-bond donors (Lipinski definition) is 3. The number of aromatic nitrogens is 2. The van der Waals surface area contributed by atoms with Crippen LogP contribution in [0.5, 0.6) is 0 Å². The molecule has 3 N–H and O–H groups in total. The van der Waals surface area contributed by atoms with Crippen LogP contribution < -0.4 is 4.90 Å². The van der Waals surface area contributed by atoms with Gasteiger partial charge < -0.3 is 15.0 Å². The summed E-state index contributed by atoms with van der Waals surface area (Å²) in [6, 6.07) is 15.0. The number of quaternary nitrogens is 1. The lowest BCUT2D eigenvalue weighted by Crippen LogP contribution is -3.07. The molecule has 1 unspecified atom stereocenters. The minimum atomic E-state index is -0.0101. The Kier molecular flexibility index (Phi) is 5.48. The van der Waals surface area contributed by atoms with Crippen molar-refractivity contribution < 1.29 is 10.0 Å². The van der Waals surface area contributed by atoms with Gasteiger partial charge in [-0.25, -0.2) is 4.98 Å². The fourth-order valence-electron chi connectivity index (χ4n) is 2.76. The second-order valence-electron chi connectivity index (χ2n) is 6.10. The zero-order valence-corrected chi connectivity index (χ0v) is 15.6. The van der Waals surface area contributed by atoms with Gasteiger partial charge in [0, 0.05) is 5.56 Å². The Morgan fingerprint density at radius 1 is 1.23 bits per heavy atom. The van der Waals surface area contributed by atoms with Gasteiger partial charge in [-0.1, -0.05) is 41.4 Å². The molecule has 0 amide bonds. The van der Waals surface area contributed by atoms with Crippen molar-refractivity contribution in [2.45, 2.75) is 6.54 Å². The smallest absolute Gasteiger partial charge is 0.169 e. The molecule has 0 bridgehead atoms. The van der Waals surface area contributed by atoms with Crippen molar-refractivity contribution in [3.63, 3.8) is 0 Å². The molecule has 0 fully saturated rings. The number of H-pyrrole nitrogens is 1. The van der Waals surface area contributed by atoms with Crippen molar-refractivity contribution in [2.75, 3.05) is 13.6 Å². The van der Waals surface area contributed by atoms with Gasteiger partial charge in [-0.15, -0.1) is 0 Å². The summed E-state index contributed by atoms with van der Waals surface area (Å²) in [5.41, 5.74) is 2.71. The van der Waals surface area contributed by atoms with Crippen molar-refractivity contribution in [3.05, 3.63) is 69.7 Å². The zero-order chi connectivity index (χ0) is 18.7. The lowest BCUT2D eigenvalue weighted by atomic mass is 10.2. The molecular formula is C19H17Cl2N4O+. The maximum Gasteiger partial charge on any atom is 0.169 e. The molecule has 2 aromatic carbocycles. The number of hydrogen-bond acceptors (Lipinski definition) is 3. The molecule has 7 heteroatoms. The van der Waals surface area contributed by atoms with E-state index in [0.29, 0.717) is 22.4 Å². The molecule has 0 saturated carbocycles. The van der Waals surface area contributed by atoms with Gasteiger partial charge in [0.2, 0.25) is 0 Å². The number of allylic oxidation sites excluding steroid dienone is 1. The Bertz CT molecular complexity index is 987. The largest absolute Gasteiger partial charge is 0.506 e. The number of benzene rings is 2. The number of aliphatic hydroxyl groups is 1. The van der Waals surface area contributed by atoms with E-state index in [1.165, 1.54) is 0 Å². The summed E-state index contributed by atoms with van der Waals surface area (Å²) in [6.07, 6.45) is 0. The maximum atomic E-state index is 10.5. The topological polar surface area (TPSA) is 77.1 Å². The van der Waals surface area contributed by atoms with E-state index in [-0.39, 0.29) is 17.9 Å². The number of nitriles is 1. The van der Waals surface area contributed by atoms with E-state index < -0.39 is 0 Å². The van der Waals surface area contributed by atoms with Crippen LogP contribution >= 0.6 is 23.2 Å². The highest BCUT2D eigenvalue weighted by Gasteiger charge is 2.17. The fourth-order valence-corrected chi connectivity index (χ4v) is 3.08. The van der Waals surface area contributed by atoms with Crippen LogP contribution in [0.1, 0.15) is 11.4 Å². The average molecular weight is 388 g/mol. The zero-order valence-electron chi connectivity index (χ0n) is 14.1. The molecule has 26 heavy (non-hydrogen) atoms. The maximum absolute atomic E-state index is 10.5. The normalized spacial score (nSPS) is 13.3. The second kappa shape index (κ2) is 7.79. The third-order valence-corrected chi connectivity index (χ3v) is 4.72. The Balaban J connectivity index is 1.79. The van der Waals surface area contributed by atoms with Crippen molar-refractivity contribution in [3.8, 4) is 6.07 Å². The Morgan fingerprint density at radius 2 is 2.00 bits per heavy atom. The van der Waals surface area contributed by atoms with Gasteiger partial charge in [-0.3, -0.25) is 0 Å². The van der Waals surface area contributed by atoms with Crippen LogP contribution in [-0.4, -0.2) is 28.7 Å². The third kappa shape index (κ3) is 4.00. The highest BCUT2D eigenvalue weighted by Crippen LogP contribution is 2.22. The first kappa shape index (κ1) is 18.3. The molecule has 1 aromatic heterocycles. The van der Waals surface area contributed by atoms with Crippen LogP contribution in [0.2, 0.25) is 10.0 Å². The van der Waals surface area contributed by atoms with E-state index in [2.05, 4.69) is 9.97 Å². The third-order valence-electron chi connectivity index (χ3n) is 3.99. The number of aliphatic hydroxyl groups excluding tert-OH is 1. The molecule has 0 aliphatic heterocycles. The van der Waals surface area contributed by atoms with Gasteiger partial charge >= 0.3 is 0 Å². The Labute approximate surface area is 161 Å². The van der Waals surface area contributed by atoms with E-state index in [1.54, 1.807) is 12.1 Å². The SMILES string of the molecule is C[NH+](C/C(O)=C(\C#N)c1nc2ccccc2[nH]1)Cc1ccc(Cl)c(Cl)c1. The summed E-state index contributed by atoms with van der Waals surface area (Å²) in [5.74, 6) is 0.359. The van der Waals surface area contributed by atoms with Crippen LogP contribution in [0.15, 0.2) is 48.2 Å². The number of rotatable bonds is 5. The first-order valence-electron chi connectivity index (χ1n) is 8.00. The molecule has 3 rings (SSSR count). The molecule has 0 saturated heterocycles. The van der Waals surface area contributed by atoms with E-state index in [0.717, 1.165) is 21.5 Å². The molecule has 0 radical (unpaired) electrons. The van der Waals surface area contributed by atoms with Gasteiger partial charge in [0.15, 0.2) is 11.6 Å². The standard InChI is InChI=1S/C19H16Cl2N4O/c1-25(10-12-6-7-14(20)15(21)8-12)11-18(26)13(9-22)19-23-16-4-2-3-5-17(16)24-19/h2-8,26H,10-11H2,1H3,(H,23,24)/p+1/b18-13-. The minimum absolute atomic E-state index is 0.0101. The molecule has 0 aliphatic carbocycles. The molecule has 5 nitrogen and oxygen atoms in total. The molecular weight excluding hydrogens is 371 g/mol. The molecule has 0 aliphatic rings. The summed E-state index contributed by atoms with van der Waals surface area (Å²) < 4.78 is 0. The van der Waals surface area contributed by atoms with Crippen molar-refractivity contribution in [1.29, 1.82) is 5.26 Å². The number of imidazole rings is 1. The Morgan fingerprint density at radius 3 is 2.69 bits per heavy atom. The highest BCUT2D eigenvalue weighted by molar-refractivity contribution is 6.42. The molecule has 132 valence electrons. The van der Waals surface area contributed by atoms with Crippen LogP contribution in [0.4, 0.5) is 0 Å². The van der Waals surface area contributed by atoms with Crippen molar-refractivity contribution in [2.24, 2.45) is 0 Å². The number of nitrogens with one attached hydrogen (secondary N) is 2. The van der Waals surface area contributed by atoms with Gasteiger partial charge in [0.1, 0.15) is 24.7 Å². The first-order chi connectivity index (χ1) is 12.5. The van der Waals surface area contributed by atoms with Crippen LogP contribution in [0, 0.1) is 11.3 Å². The van der Waals surface area contributed by atoms with Gasteiger partial charge in [0.05, 0.1) is 28.1 Å². The summed E-state index contributed by atoms with van der Waals surface area (Å²) in [7, 11) is 1.92. The summed E-state index contributed by atoms with van der Waals surface area (Å²) in [5, 5.41) is 20.9. The predicted molar refractivity (Wildman–Crippen MR) is 103 cm³/mol. The highest BCUT2D eigenvalue weighted by atomic mass is 35.5. The van der Waals surface area contributed by atoms with Crippen LogP contribution in [-0.2, 0) is 6.54 Å². The minimum Gasteiger partial charge on any atom is -0.506 e. The number of aromatic amines is 1. The van der Waals surface area contributed by atoms with E-state index in [4.69, 9.17) is 23.2 Å². The monoisotopic (exact) mass is 387 g/mol. The van der Waals surface area contributed by atoms with Gasteiger partial charge in [-0.2, -0.15) is 5.26 Å². The molecule has 1 heterocycles. The number of halogens is 2. The Hall–Kier alpha value is -2.52. The van der Waals surface area contributed by atoms with Crippen LogP contribution in [0.25, 0.3) is 16.6 Å². The van der Waals surface area contributed by atoms with Crippen LogP contribution in [0.3, 0.4) is 0 Å². The fraction of sp³-hybridized carbons (Fsp3) is 0.158. The average Bonchev–Trinajstić information content (AvgIpc) is 3.02.